The van der Waals surface area contributed by atoms with Gasteiger partial charge in [-0.3, -0.25) is 4.90 Å². The maximum atomic E-state index is 2.51. The maximum absolute atomic E-state index is 2.51. The molecule has 0 amide bonds. The van der Waals surface area contributed by atoms with E-state index in [-0.39, 0.29) is 0 Å². The zero-order valence-electron chi connectivity index (χ0n) is 16.7. The molecule has 142 valence electrons. The monoisotopic (exact) mass is 369 g/mol. The minimum absolute atomic E-state index is 0.537. The third-order valence-corrected chi connectivity index (χ3v) is 6.26. The van der Waals surface area contributed by atoms with E-state index < -0.39 is 0 Å². The van der Waals surface area contributed by atoms with Gasteiger partial charge in [0.15, 0.2) is 0 Å². The van der Waals surface area contributed by atoms with E-state index in [9.17, 15) is 0 Å². The standard InChI is InChI=1S/C25H27N3/c1-26-14-15-27(2)20(16-26)17-28-18-24(23-11-5-6-13-25(23)28)22-12-7-9-19-8-3-4-10-21(19)22/h3-13,18,20H,14-17H2,1-2H3. The summed E-state index contributed by atoms with van der Waals surface area (Å²) in [5.41, 5.74) is 3.98. The molecule has 0 bridgehead atoms. The molecule has 1 aromatic heterocycles. The van der Waals surface area contributed by atoms with Crippen LogP contribution in [-0.2, 0) is 6.54 Å². The third-order valence-electron chi connectivity index (χ3n) is 6.26. The van der Waals surface area contributed by atoms with Gasteiger partial charge in [-0.25, -0.2) is 0 Å². The molecule has 28 heavy (non-hydrogen) atoms. The highest BCUT2D eigenvalue weighted by molar-refractivity contribution is 6.05. The van der Waals surface area contributed by atoms with Crippen molar-refractivity contribution >= 4 is 21.7 Å². The number of likely N-dealkylation sites (N-methyl/N-ethyl adjacent to an activating group) is 2. The van der Waals surface area contributed by atoms with Crippen LogP contribution in [0.4, 0.5) is 0 Å². The fourth-order valence-electron chi connectivity index (χ4n) is 4.60. The first kappa shape index (κ1) is 17.5. The molecule has 3 heteroatoms. The summed E-state index contributed by atoms with van der Waals surface area (Å²) in [6.07, 6.45) is 2.37. The molecule has 5 rings (SSSR count). The second-order valence-corrected chi connectivity index (χ2v) is 8.14. The quantitative estimate of drug-likeness (QED) is 0.518. The van der Waals surface area contributed by atoms with Gasteiger partial charge in [-0.15, -0.1) is 0 Å². The second kappa shape index (κ2) is 7.08. The van der Waals surface area contributed by atoms with Crippen molar-refractivity contribution in [1.82, 2.24) is 14.4 Å². The molecule has 1 aliphatic rings. The first-order valence-electron chi connectivity index (χ1n) is 10.2. The molecule has 4 aromatic rings. The summed E-state index contributed by atoms with van der Waals surface area (Å²) in [5, 5.41) is 3.96. The number of rotatable bonds is 3. The number of para-hydroxylation sites is 1. The molecule has 3 aromatic carbocycles. The van der Waals surface area contributed by atoms with Crippen LogP contribution in [0.1, 0.15) is 0 Å². The molecule has 1 saturated heterocycles. The Balaban J connectivity index is 1.63. The number of hydrogen-bond donors (Lipinski definition) is 0. The van der Waals surface area contributed by atoms with Crippen molar-refractivity contribution in [3.8, 4) is 11.1 Å². The van der Waals surface area contributed by atoms with Crippen LogP contribution in [0.2, 0.25) is 0 Å². The minimum Gasteiger partial charge on any atom is -0.345 e. The van der Waals surface area contributed by atoms with Crippen LogP contribution in [0.25, 0.3) is 32.8 Å². The van der Waals surface area contributed by atoms with E-state index in [1.54, 1.807) is 0 Å². The fourth-order valence-corrected chi connectivity index (χ4v) is 4.60. The van der Waals surface area contributed by atoms with E-state index in [1.165, 1.54) is 32.8 Å². The Morgan fingerprint density at radius 1 is 0.786 bits per heavy atom. The molecule has 1 atom stereocenters. The van der Waals surface area contributed by atoms with E-state index in [0.717, 1.165) is 26.2 Å². The summed E-state index contributed by atoms with van der Waals surface area (Å²) >= 11 is 0. The molecular weight excluding hydrogens is 342 g/mol. The Kier molecular flexibility index (Phi) is 4.42. The van der Waals surface area contributed by atoms with Crippen LogP contribution in [-0.4, -0.2) is 54.1 Å². The largest absolute Gasteiger partial charge is 0.345 e. The van der Waals surface area contributed by atoms with Gasteiger partial charge in [0.05, 0.1) is 0 Å². The highest BCUT2D eigenvalue weighted by atomic mass is 15.3. The van der Waals surface area contributed by atoms with Crippen LogP contribution in [0.15, 0.2) is 72.9 Å². The highest BCUT2D eigenvalue weighted by Gasteiger charge is 2.23. The van der Waals surface area contributed by atoms with Crippen LogP contribution >= 0.6 is 0 Å². The summed E-state index contributed by atoms with van der Waals surface area (Å²) < 4.78 is 2.47. The molecular formula is C25H27N3. The normalized spacial score (nSPS) is 18.9. The fraction of sp³-hybridized carbons (Fsp3) is 0.280. The van der Waals surface area contributed by atoms with Crippen molar-refractivity contribution in [3.63, 3.8) is 0 Å². The third kappa shape index (κ3) is 3.01. The summed E-state index contributed by atoms with van der Waals surface area (Å²) in [5.74, 6) is 0. The summed E-state index contributed by atoms with van der Waals surface area (Å²) in [4.78, 5) is 4.95. The Morgan fingerprint density at radius 3 is 2.43 bits per heavy atom. The van der Waals surface area contributed by atoms with Crippen molar-refractivity contribution in [1.29, 1.82) is 0 Å². The molecule has 3 nitrogen and oxygen atoms in total. The van der Waals surface area contributed by atoms with Crippen molar-refractivity contribution in [2.45, 2.75) is 12.6 Å². The molecule has 0 saturated carbocycles. The lowest BCUT2D eigenvalue weighted by atomic mass is 9.98. The van der Waals surface area contributed by atoms with E-state index in [2.05, 4.69) is 101 Å². The van der Waals surface area contributed by atoms with E-state index in [4.69, 9.17) is 0 Å². The summed E-state index contributed by atoms with van der Waals surface area (Å²) in [6, 6.07) is 24.7. The molecule has 2 heterocycles. The number of hydrogen-bond acceptors (Lipinski definition) is 2. The zero-order valence-corrected chi connectivity index (χ0v) is 16.7. The van der Waals surface area contributed by atoms with Gasteiger partial charge in [0.1, 0.15) is 0 Å². The van der Waals surface area contributed by atoms with E-state index in [0.29, 0.717) is 6.04 Å². The van der Waals surface area contributed by atoms with Crippen molar-refractivity contribution in [3.05, 3.63) is 72.9 Å². The predicted octanol–water partition coefficient (Wildman–Crippen LogP) is 4.71. The Labute approximate surface area is 166 Å². The topological polar surface area (TPSA) is 11.4 Å². The number of piperazine rings is 1. The van der Waals surface area contributed by atoms with Gasteiger partial charge in [0, 0.05) is 54.9 Å². The van der Waals surface area contributed by atoms with Gasteiger partial charge in [-0.1, -0.05) is 60.7 Å². The van der Waals surface area contributed by atoms with Crippen LogP contribution in [0, 0.1) is 0 Å². The van der Waals surface area contributed by atoms with Gasteiger partial charge in [0.2, 0.25) is 0 Å². The number of nitrogens with zero attached hydrogens (tertiary/aromatic N) is 3. The van der Waals surface area contributed by atoms with Gasteiger partial charge in [-0.05, 0) is 36.5 Å². The molecule has 0 spiro atoms. The van der Waals surface area contributed by atoms with Crippen LogP contribution < -0.4 is 0 Å². The highest BCUT2D eigenvalue weighted by Crippen LogP contribution is 2.35. The SMILES string of the molecule is CN1CCN(C)C(Cn2cc(-c3cccc4ccccc34)c3ccccc32)C1. The van der Waals surface area contributed by atoms with Crippen molar-refractivity contribution in [2.75, 3.05) is 33.7 Å². The van der Waals surface area contributed by atoms with Gasteiger partial charge in [0.25, 0.3) is 0 Å². The average Bonchev–Trinajstić information content (AvgIpc) is 3.09. The first-order chi connectivity index (χ1) is 13.7. The smallest absolute Gasteiger partial charge is 0.0487 e. The van der Waals surface area contributed by atoms with E-state index in [1.807, 2.05) is 0 Å². The molecule has 0 aliphatic carbocycles. The summed E-state index contributed by atoms with van der Waals surface area (Å²) in [7, 11) is 4.49. The molecule has 0 N–H and O–H groups in total. The molecule has 1 fully saturated rings. The molecule has 1 aliphatic heterocycles. The minimum atomic E-state index is 0.537. The molecule has 0 radical (unpaired) electrons. The lowest BCUT2D eigenvalue weighted by Crippen LogP contribution is -2.51. The second-order valence-electron chi connectivity index (χ2n) is 8.14. The van der Waals surface area contributed by atoms with Crippen molar-refractivity contribution < 1.29 is 0 Å². The maximum Gasteiger partial charge on any atom is 0.0487 e. The number of benzene rings is 3. The average molecular weight is 370 g/mol. The number of aromatic nitrogens is 1. The molecule has 1 unspecified atom stereocenters. The Morgan fingerprint density at radius 2 is 1.54 bits per heavy atom. The first-order valence-corrected chi connectivity index (χ1v) is 10.2. The van der Waals surface area contributed by atoms with E-state index >= 15 is 0 Å². The Bertz CT molecular complexity index is 1120. The Hall–Kier alpha value is -2.62. The number of fused-ring (bicyclic) bond motifs is 2. The van der Waals surface area contributed by atoms with Crippen LogP contribution in [0.5, 0.6) is 0 Å². The lowest BCUT2D eigenvalue weighted by molar-refractivity contribution is 0.104. The van der Waals surface area contributed by atoms with Gasteiger partial charge >= 0.3 is 0 Å². The zero-order chi connectivity index (χ0) is 19.1. The lowest BCUT2D eigenvalue weighted by Gasteiger charge is -2.38. The van der Waals surface area contributed by atoms with Crippen molar-refractivity contribution in [2.24, 2.45) is 0 Å². The summed E-state index contributed by atoms with van der Waals surface area (Å²) in [6.45, 7) is 4.43. The predicted molar refractivity (Wildman–Crippen MR) is 119 cm³/mol. The van der Waals surface area contributed by atoms with Gasteiger partial charge in [-0.2, -0.15) is 0 Å². The van der Waals surface area contributed by atoms with Crippen LogP contribution in [0.3, 0.4) is 0 Å². The van der Waals surface area contributed by atoms with Gasteiger partial charge < -0.3 is 9.47 Å².